The number of carbonyl (C=O) groups excluding carboxylic acids is 2. The first kappa shape index (κ1) is 27.8. The maximum absolute atomic E-state index is 13.6. The molecular formula is C26H31ClN4O6. The summed E-state index contributed by atoms with van der Waals surface area (Å²) in [6, 6.07) is 10.4. The van der Waals surface area contributed by atoms with Crippen LogP contribution in [0.15, 0.2) is 47.6 Å². The summed E-state index contributed by atoms with van der Waals surface area (Å²) >= 11 is 6.18. The minimum Gasteiger partial charge on any atom is -0.496 e. The molecule has 37 heavy (non-hydrogen) atoms. The number of halogens is 1. The summed E-state index contributed by atoms with van der Waals surface area (Å²) < 4.78 is 5.43. The standard InChI is InChI=1S/C26H31ClN4O6/c1-4-21(16-7-6-8-17(11-16)25(33)34)29-26(35)31-15-23(30-37-5-2)28-14-19(24(31)32)12-18-13-20(27)9-10-22(18)36-3/h6-11,13,19,21H,4-5,12,14-15H2,1-3H3,(H,28,30)(H,29,35)(H,33,34)/t19-,21-/m1/s1. The molecule has 3 rings (SSSR count). The molecule has 2 aromatic carbocycles. The molecule has 0 saturated carbocycles. The van der Waals surface area contributed by atoms with Crippen LogP contribution in [0.2, 0.25) is 5.02 Å². The molecule has 0 aliphatic carbocycles. The van der Waals surface area contributed by atoms with Crippen LogP contribution in [0.25, 0.3) is 0 Å². The molecule has 0 unspecified atom stereocenters. The minimum absolute atomic E-state index is 0.112. The van der Waals surface area contributed by atoms with Crippen molar-refractivity contribution in [2.75, 3.05) is 26.8 Å². The molecule has 1 aliphatic rings. The van der Waals surface area contributed by atoms with Crippen molar-refractivity contribution in [3.05, 3.63) is 64.2 Å². The van der Waals surface area contributed by atoms with Crippen molar-refractivity contribution in [2.24, 2.45) is 11.1 Å². The van der Waals surface area contributed by atoms with E-state index in [9.17, 15) is 19.5 Å². The number of urea groups is 1. The molecule has 0 aromatic heterocycles. The maximum atomic E-state index is 13.6. The normalized spacial score (nSPS) is 17.5. The number of oxime groups is 1. The van der Waals surface area contributed by atoms with Gasteiger partial charge in [-0.1, -0.05) is 35.8 Å². The van der Waals surface area contributed by atoms with E-state index in [0.29, 0.717) is 35.2 Å². The van der Waals surface area contributed by atoms with Gasteiger partial charge < -0.3 is 25.3 Å². The molecule has 0 bridgehead atoms. The Balaban J connectivity index is 1.88. The fourth-order valence-corrected chi connectivity index (χ4v) is 4.27. The number of nitrogens with zero attached hydrogens (tertiary/aromatic N) is 2. The summed E-state index contributed by atoms with van der Waals surface area (Å²) in [5.41, 5.74) is 1.47. The molecule has 3 amide bonds. The molecule has 2 aromatic rings. The van der Waals surface area contributed by atoms with E-state index < -0.39 is 29.9 Å². The van der Waals surface area contributed by atoms with Gasteiger partial charge in [0.05, 0.1) is 31.2 Å². The summed E-state index contributed by atoms with van der Waals surface area (Å²) in [6.07, 6.45) is 0.761. The first-order valence-electron chi connectivity index (χ1n) is 12.0. The van der Waals surface area contributed by atoms with E-state index in [1.165, 1.54) is 19.2 Å². The number of imide groups is 1. The number of carboxylic acids is 1. The van der Waals surface area contributed by atoms with Crippen LogP contribution in [0, 0.1) is 5.92 Å². The number of carboxylic acid groups (broad SMARTS) is 1. The molecule has 10 nitrogen and oxygen atoms in total. The summed E-state index contributed by atoms with van der Waals surface area (Å²) in [5.74, 6) is -1.16. The van der Waals surface area contributed by atoms with Crippen LogP contribution in [0.1, 0.15) is 47.8 Å². The Labute approximate surface area is 220 Å². The molecule has 11 heteroatoms. The van der Waals surface area contributed by atoms with Crippen molar-refractivity contribution in [2.45, 2.75) is 32.7 Å². The number of hydrogen-bond acceptors (Lipinski definition) is 6. The highest BCUT2D eigenvalue weighted by Crippen LogP contribution is 2.27. The van der Waals surface area contributed by atoms with E-state index in [4.69, 9.17) is 21.2 Å². The summed E-state index contributed by atoms with van der Waals surface area (Å²) in [4.78, 5) is 44.7. The van der Waals surface area contributed by atoms with Gasteiger partial charge in [-0.3, -0.25) is 9.69 Å². The van der Waals surface area contributed by atoms with Crippen LogP contribution in [-0.2, 0) is 16.1 Å². The fraction of sp³-hybridized carbons (Fsp3) is 0.385. The number of amides is 3. The van der Waals surface area contributed by atoms with Gasteiger partial charge in [-0.2, -0.15) is 0 Å². The van der Waals surface area contributed by atoms with Gasteiger partial charge in [0.15, 0.2) is 5.84 Å². The average molecular weight is 531 g/mol. The largest absolute Gasteiger partial charge is 0.496 e. The molecule has 0 spiro atoms. The lowest BCUT2D eigenvalue weighted by Gasteiger charge is -2.26. The molecular weight excluding hydrogens is 500 g/mol. The van der Waals surface area contributed by atoms with E-state index in [-0.39, 0.29) is 25.1 Å². The van der Waals surface area contributed by atoms with Gasteiger partial charge in [0.2, 0.25) is 5.91 Å². The quantitative estimate of drug-likeness (QED) is 0.420. The summed E-state index contributed by atoms with van der Waals surface area (Å²) in [6.45, 7) is 4.08. The Morgan fingerprint density at radius 3 is 2.73 bits per heavy atom. The number of hydrogen-bond donors (Lipinski definition) is 3. The topological polar surface area (TPSA) is 130 Å². The molecule has 198 valence electrons. The van der Waals surface area contributed by atoms with E-state index in [0.717, 1.165) is 10.5 Å². The van der Waals surface area contributed by atoms with Crippen molar-refractivity contribution < 1.29 is 29.1 Å². The predicted molar refractivity (Wildman–Crippen MR) is 139 cm³/mol. The van der Waals surface area contributed by atoms with Crippen LogP contribution in [-0.4, -0.2) is 60.6 Å². The van der Waals surface area contributed by atoms with Gasteiger partial charge >= 0.3 is 12.0 Å². The van der Waals surface area contributed by atoms with Crippen LogP contribution < -0.4 is 15.4 Å². The van der Waals surface area contributed by atoms with Crippen molar-refractivity contribution in [3.63, 3.8) is 0 Å². The smallest absolute Gasteiger partial charge is 0.335 e. The molecule has 1 fully saturated rings. The van der Waals surface area contributed by atoms with E-state index >= 15 is 0 Å². The maximum Gasteiger partial charge on any atom is 0.335 e. The lowest BCUT2D eigenvalue weighted by atomic mass is 9.97. The Kier molecular flexibility index (Phi) is 9.73. The highest BCUT2D eigenvalue weighted by molar-refractivity contribution is 6.30. The third kappa shape index (κ3) is 7.13. The Morgan fingerprint density at radius 1 is 1.27 bits per heavy atom. The number of nitrogens with one attached hydrogen (secondary N) is 2. The average Bonchev–Trinajstić information content (AvgIpc) is 3.05. The summed E-state index contributed by atoms with van der Waals surface area (Å²) in [5, 5.41) is 19.9. The molecule has 3 N–H and O–H groups in total. The van der Waals surface area contributed by atoms with E-state index in [1.807, 2.05) is 6.92 Å². The van der Waals surface area contributed by atoms with Gasteiger partial charge in [-0.05, 0) is 61.2 Å². The zero-order chi connectivity index (χ0) is 26.9. The molecule has 0 radical (unpaired) electrons. The van der Waals surface area contributed by atoms with Crippen LogP contribution >= 0.6 is 11.6 Å². The van der Waals surface area contributed by atoms with Crippen LogP contribution in [0.4, 0.5) is 4.79 Å². The van der Waals surface area contributed by atoms with Crippen LogP contribution in [0.5, 0.6) is 5.75 Å². The first-order chi connectivity index (χ1) is 17.8. The number of ether oxygens (including phenoxy) is 1. The second kappa shape index (κ2) is 13.0. The zero-order valence-corrected chi connectivity index (χ0v) is 21.7. The number of amidine groups is 1. The Bertz CT molecular complexity index is 1170. The first-order valence-corrected chi connectivity index (χ1v) is 12.3. The van der Waals surface area contributed by atoms with Crippen molar-refractivity contribution in [1.29, 1.82) is 0 Å². The third-order valence-corrected chi connectivity index (χ3v) is 6.21. The van der Waals surface area contributed by atoms with Crippen molar-refractivity contribution >= 4 is 35.3 Å². The van der Waals surface area contributed by atoms with E-state index in [2.05, 4.69) is 15.8 Å². The van der Waals surface area contributed by atoms with Gasteiger partial charge in [0.1, 0.15) is 12.4 Å². The number of methoxy groups -OCH3 is 1. The van der Waals surface area contributed by atoms with Gasteiger partial charge in [0.25, 0.3) is 0 Å². The van der Waals surface area contributed by atoms with Gasteiger partial charge in [-0.25, -0.2) is 9.59 Å². The molecule has 1 aliphatic heterocycles. The SMILES string of the molecule is CCO/N=C1/CN(C(=O)N[C@H](CC)c2cccc(C(=O)O)c2)C(=O)[C@H](Cc2cc(Cl)ccc2OC)CN1. The zero-order valence-electron chi connectivity index (χ0n) is 21.0. The number of benzene rings is 2. The van der Waals surface area contributed by atoms with Gasteiger partial charge in [0, 0.05) is 11.6 Å². The second-order valence-corrected chi connectivity index (χ2v) is 8.90. The van der Waals surface area contributed by atoms with E-state index in [1.54, 1.807) is 37.3 Å². The highest BCUT2D eigenvalue weighted by Gasteiger charge is 2.35. The van der Waals surface area contributed by atoms with Crippen LogP contribution in [0.3, 0.4) is 0 Å². The third-order valence-electron chi connectivity index (χ3n) is 5.98. The number of carbonyl (C=O) groups is 3. The minimum atomic E-state index is -1.06. The highest BCUT2D eigenvalue weighted by atomic mass is 35.5. The number of aromatic carboxylic acids is 1. The lowest BCUT2D eigenvalue weighted by molar-refractivity contribution is -0.131. The predicted octanol–water partition coefficient (Wildman–Crippen LogP) is 3.85. The molecule has 2 atom stereocenters. The lowest BCUT2D eigenvalue weighted by Crippen LogP contribution is -2.48. The number of rotatable bonds is 9. The second-order valence-electron chi connectivity index (χ2n) is 8.46. The van der Waals surface area contributed by atoms with Gasteiger partial charge in [-0.15, -0.1) is 0 Å². The molecule has 1 heterocycles. The Hall–Kier alpha value is -3.79. The monoisotopic (exact) mass is 530 g/mol. The van der Waals surface area contributed by atoms with Crippen molar-refractivity contribution in [1.82, 2.24) is 15.5 Å². The van der Waals surface area contributed by atoms with Crippen molar-refractivity contribution in [3.8, 4) is 5.75 Å². The molecule has 1 saturated heterocycles. The fourth-order valence-electron chi connectivity index (χ4n) is 4.08. The Morgan fingerprint density at radius 2 is 2.05 bits per heavy atom. The summed E-state index contributed by atoms with van der Waals surface area (Å²) in [7, 11) is 1.54.